The quantitative estimate of drug-likeness (QED) is 0.785. The van der Waals surface area contributed by atoms with Gasteiger partial charge in [0.1, 0.15) is 11.8 Å². The fourth-order valence-corrected chi connectivity index (χ4v) is 3.09. The predicted octanol–water partition coefficient (Wildman–Crippen LogP) is 1.76. The zero-order valence-corrected chi connectivity index (χ0v) is 15.4. The molecule has 0 bridgehead atoms. The van der Waals surface area contributed by atoms with Crippen LogP contribution in [0, 0.1) is 6.92 Å². The van der Waals surface area contributed by atoms with E-state index in [9.17, 15) is 19.5 Å². The highest BCUT2D eigenvalue weighted by Gasteiger charge is 2.41. The fourth-order valence-electron chi connectivity index (χ4n) is 2.93. The zero-order valence-electron chi connectivity index (χ0n) is 14.6. The van der Waals surface area contributed by atoms with Crippen molar-refractivity contribution < 1.29 is 24.2 Å². The molecular formula is C19H16ClN2O5-. The number of benzene rings is 2. The van der Waals surface area contributed by atoms with E-state index in [0.717, 1.165) is 10.5 Å². The number of imide groups is 1. The van der Waals surface area contributed by atoms with Crippen molar-refractivity contribution in [3.8, 4) is 5.75 Å². The normalized spacial score (nSPS) is 16.6. The van der Waals surface area contributed by atoms with E-state index >= 15 is 0 Å². The first-order valence-corrected chi connectivity index (χ1v) is 8.48. The number of halogens is 1. The van der Waals surface area contributed by atoms with E-state index in [2.05, 4.69) is 5.32 Å². The molecule has 1 aliphatic rings. The van der Waals surface area contributed by atoms with Gasteiger partial charge in [-0.15, -0.1) is 0 Å². The maximum absolute atomic E-state index is 12.8. The zero-order chi connectivity index (χ0) is 19.7. The molecule has 0 unspecified atom stereocenters. The summed E-state index contributed by atoms with van der Waals surface area (Å²) in [5.41, 5.74) is 1.43. The number of rotatable bonds is 5. The summed E-state index contributed by atoms with van der Waals surface area (Å²) >= 11 is 6.00. The summed E-state index contributed by atoms with van der Waals surface area (Å²) in [4.78, 5) is 37.4. The molecule has 2 amide bonds. The second-order valence-corrected chi connectivity index (χ2v) is 6.54. The summed E-state index contributed by atoms with van der Waals surface area (Å²) in [5, 5.41) is 14.4. The average Bonchev–Trinajstić information content (AvgIpc) is 2.90. The number of carboxylic acids is 1. The van der Waals surface area contributed by atoms with Crippen molar-refractivity contribution in [2.75, 3.05) is 17.3 Å². The van der Waals surface area contributed by atoms with Gasteiger partial charge in [0.05, 0.1) is 25.2 Å². The lowest BCUT2D eigenvalue weighted by molar-refractivity contribution is -0.255. The Balaban J connectivity index is 1.91. The van der Waals surface area contributed by atoms with Gasteiger partial charge in [-0.1, -0.05) is 23.7 Å². The number of hydrogen-bond donors (Lipinski definition) is 1. The Morgan fingerprint density at radius 1 is 1.26 bits per heavy atom. The number of hydrogen-bond acceptors (Lipinski definition) is 6. The number of nitrogens with one attached hydrogen (secondary N) is 1. The molecule has 140 valence electrons. The lowest BCUT2D eigenvalue weighted by Gasteiger charge is -2.19. The predicted molar refractivity (Wildman–Crippen MR) is 98.0 cm³/mol. The average molecular weight is 388 g/mol. The van der Waals surface area contributed by atoms with Gasteiger partial charge in [-0.05, 0) is 42.3 Å². The SMILES string of the molecule is COc1ccc(Cl)cc1N1C(=O)C[C@@H](Nc2cc(C(=O)[O-])ccc2C)C1=O. The number of amides is 2. The minimum atomic E-state index is -1.32. The molecule has 7 nitrogen and oxygen atoms in total. The summed E-state index contributed by atoms with van der Waals surface area (Å²) in [6.07, 6.45) is -0.0799. The largest absolute Gasteiger partial charge is 0.545 e. The molecule has 3 rings (SSSR count). The molecule has 1 aliphatic heterocycles. The van der Waals surface area contributed by atoms with Crippen LogP contribution < -0.4 is 20.1 Å². The van der Waals surface area contributed by atoms with Crippen molar-refractivity contribution in [1.82, 2.24) is 0 Å². The second-order valence-electron chi connectivity index (χ2n) is 6.10. The Hall–Kier alpha value is -3.06. The van der Waals surface area contributed by atoms with Gasteiger partial charge in [0.2, 0.25) is 5.91 Å². The number of carboxylic acid groups (broad SMARTS) is 1. The molecular weight excluding hydrogens is 372 g/mol. The van der Waals surface area contributed by atoms with Crippen molar-refractivity contribution >= 4 is 40.8 Å². The number of anilines is 2. The summed E-state index contributed by atoms with van der Waals surface area (Å²) in [6.45, 7) is 1.76. The molecule has 0 spiro atoms. The van der Waals surface area contributed by atoms with Crippen LogP contribution in [-0.4, -0.2) is 30.9 Å². The van der Waals surface area contributed by atoms with Crippen LogP contribution in [0.4, 0.5) is 11.4 Å². The fraction of sp³-hybridized carbons (Fsp3) is 0.211. The van der Waals surface area contributed by atoms with E-state index in [4.69, 9.17) is 16.3 Å². The summed E-state index contributed by atoms with van der Waals surface area (Å²) in [5.74, 6) is -1.86. The Kier molecular flexibility index (Phi) is 5.05. The van der Waals surface area contributed by atoms with Crippen molar-refractivity contribution in [3.63, 3.8) is 0 Å². The smallest absolute Gasteiger partial charge is 0.256 e. The van der Waals surface area contributed by atoms with Crippen LogP contribution in [0.1, 0.15) is 22.3 Å². The second kappa shape index (κ2) is 7.28. The van der Waals surface area contributed by atoms with Crippen molar-refractivity contribution in [1.29, 1.82) is 0 Å². The first kappa shape index (κ1) is 18.7. The van der Waals surface area contributed by atoms with Crippen LogP contribution in [0.2, 0.25) is 5.02 Å². The lowest BCUT2D eigenvalue weighted by Crippen LogP contribution is -2.35. The van der Waals surface area contributed by atoms with Gasteiger partial charge in [0, 0.05) is 10.7 Å². The van der Waals surface area contributed by atoms with E-state index in [1.807, 2.05) is 0 Å². The van der Waals surface area contributed by atoms with E-state index in [0.29, 0.717) is 16.5 Å². The third-order valence-electron chi connectivity index (χ3n) is 4.33. The summed E-state index contributed by atoms with van der Waals surface area (Å²) in [6, 6.07) is 8.22. The first-order chi connectivity index (χ1) is 12.8. The highest BCUT2D eigenvalue weighted by Crippen LogP contribution is 2.35. The third kappa shape index (κ3) is 3.59. The molecule has 2 aromatic carbocycles. The van der Waals surface area contributed by atoms with Crippen LogP contribution in [0.25, 0.3) is 0 Å². The van der Waals surface area contributed by atoms with Gasteiger partial charge >= 0.3 is 0 Å². The van der Waals surface area contributed by atoms with Crippen molar-refractivity contribution in [2.45, 2.75) is 19.4 Å². The highest BCUT2D eigenvalue weighted by molar-refractivity contribution is 6.31. The van der Waals surface area contributed by atoms with Crippen LogP contribution in [0.3, 0.4) is 0 Å². The number of carbonyl (C=O) groups excluding carboxylic acids is 3. The Labute approximate surface area is 160 Å². The van der Waals surface area contributed by atoms with Gasteiger partial charge < -0.3 is 20.0 Å². The minimum absolute atomic E-state index is 0.0201. The number of methoxy groups -OCH3 is 1. The molecule has 0 radical (unpaired) electrons. The summed E-state index contributed by atoms with van der Waals surface area (Å²) in [7, 11) is 1.43. The molecule has 8 heteroatoms. The summed E-state index contributed by atoms with van der Waals surface area (Å²) < 4.78 is 5.23. The topological polar surface area (TPSA) is 98.8 Å². The highest BCUT2D eigenvalue weighted by atomic mass is 35.5. The monoisotopic (exact) mass is 387 g/mol. The molecule has 1 atom stereocenters. The third-order valence-corrected chi connectivity index (χ3v) is 4.57. The Bertz CT molecular complexity index is 944. The standard InChI is InChI=1S/C19H17ClN2O5/c1-10-3-4-11(19(25)26)7-13(10)21-14-9-17(23)22(18(14)24)15-8-12(20)5-6-16(15)27-2/h3-8,14,21H,9H2,1-2H3,(H,25,26)/p-1/t14-/m1/s1. The van der Waals surface area contributed by atoms with E-state index in [1.54, 1.807) is 25.1 Å². The van der Waals surface area contributed by atoms with Crippen molar-refractivity contribution in [2.24, 2.45) is 0 Å². The molecule has 0 aromatic heterocycles. The van der Waals surface area contributed by atoms with Crippen LogP contribution in [0.15, 0.2) is 36.4 Å². The molecule has 1 fully saturated rings. The maximum atomic E-state index is 12.8. The van der Waals surface area contributed by atoms with Gasteiger partial charge in [-0.3, -0.25) is 9.59 Å². The van der Waals surface area contributed by atoms with Crippen LogP contribution in [-0.2, 0) is 9.59 Å². The minimum Gasteiger partial charge on any atom is -0.545 e. The van der Waals surface area contributed by atoms with Gasteiger partial charge in [0.15, 0.2) is 0 Å². The maximum Gasteiger partial charge on any atom is 0.256 e. The molecule has 27 heavy (non-hydrogen) atoms. The molecule has 1 heterocycles. The Morgan fingerprint density at radius 2 is 2.00 bits per heavy atom. The Morgan fingerprint density at radius 3 is 2.67 bits per heavy atom. The number of aryl methyl sites for hydroxylation is 1. The molecule has 2 aromatic rings. The number of ether oxygens (including phenoxy) is 1. The van der Waals surface area contributed by atoms with Gasteiger partial charge in [-0.2, -0.15) is 0 Å². The number of aromatic carboxylic acids is 1. The van der Waals surface area contributed by atoms with Crippen LogP contribution >= 0.6 is 11.6 Å². The molecule has 1 saturated heterocycles. The molecule has 0 saturated carbocycles. The molecule has 0 aliphatic carbocycles. The van der Waals surface area contributed by atoms with E-state index in [-0.39, 0.29) is 17.7 Å². The first-order valence-electron chi connectivity index (χ1n) is 8.10. The van der Waals surface area contributed by atoms with Crippen LogP contribution in [0.5, 0.6) is 5.75 Å². The van der Waals surface area contributed by atoms with E-state index < -0.39 is 23.8 Å². The van der Waals surface area contributed by atoms with Gasteiger partial charge in [-0.25, -0.2) is 4.90 Å². The van der Waals surface area contributed by atoms with Gasteiger partial charge in [0.25, 0.3) is 5.91 Å². The molecule has 1 N–H and O–H groups in total. The number of carbonyl (C=O) groups is 3. The van der Waals surface area contributed by atoms with E-state index in [1.165, 1.54) is 25.3 Å². The number of nitrogens with zero attached hydrogens (tertiary/aromatic N) is 1. The lowest BCUT2D eigenvalue weighted by atomic mass is 10.1. The van der Waals surface area contributed by atoms with Crippen molar-refractivity contribution in [3.05, 3.63) is 52.5 Å².